The minimum Gasteiger partial charge on any atom is -0.478 e. The van der Waals surface area contributed by atoms with Gasteiger partial charge in [0.2, 0.25) is 0 Å². The molecule has 7 nitrogen and oxygen atoms in total. The summed E-state index contributed by atoms with van der Waals surface area (Å²) >= 11 is 0. The molecule has 0 bridgehead atoms. The number of nitrogens with zero attached hydrogens (tertiary/aromatic N) is 2. The van der Waals surface area contributed by atoms with Crippen LogP contribution in [0.15, 0.2) is 61.2 Å². The summed E-state index contributed by atoms with van der Waals surface area (Å²) in [5.74, 6) is -0.0792. The van der Waals surface area contributed by atoms with E-state index >= 15 is 0 Å². The Morgan fingerprint density at radius 3 is 2.81 bits per heavy atom. The number of carbonyl (C=O) groups excluding carboxylic acids is 2. The number of rotatable bonds is 4. The van der Waals surface area contributed by atoms with E-state index in [1.54, 1.807) is 37.6 Å². The van der Waals surface area contributed by atoms with Crippen LogP contribution < -0.4 is 15.4 Å². The molecular formula is C20H18N4O3. The fourth-order valence-electron chi connectivity index (χ4n) is 2.88. The molecule has 136 valence electrons. The summed E-state index contributed by atoms with van der Waals surface area (Å²) in [6, 6.07) is 12.9. The van der Waals surface area contributed by atoms with Gasteiger partial charge in [-0.2, -0.15) is 0 Å². The van der Waals surface area contributed by atoms with Crippen molar-refractivity contribution in [3.05, 3.63) is 72.3 Å². The Morgan fingerprint density at radius 2 is 2.07 bits per heavy atom. The number of carbonyl (C=O) groups is 2. The lowest BCUT2D eigenvalue weighted by atomic mass is 10.1. The number of aromatic nitrogens is 2. The monoisotopic (exact) mass is 362 g/mol. The Bertz CT molecular complexity index is 981. The molecule has 2 amide bonds. The van der Waals surface area contributed by atoms with Crippen molar-refractivity contribution in [2.24, 2.45) is 0 Å². The first-order valence-corrected chi connectivity index (χ1v) is 8.58. The quantitative estimate of drug-likeness (QED) is 0.747. The van der Waals surface area contributed by atoms with Gasteiger partial charge >= 0.3 is 0 Å². The second kappa shape index (κ2) is 6.95. The molecule has 0 radical (unpaired) electrons. The van der Waals surface area contributed by atoms with Gasteiger partial charge < -0.3 is 19.9 Å². The SMILES string of the molecule is CC1Oc2c(cccc2C(=O)NCc2ccc(-n3ccnc3)cc2)NC1=O. The highest BCUT2D eigenvalue weighted by atomic mass is 16.5. The molecule has 2 aromatic carbocycles. The minimum atomic E-state index is -0.637. The summed E-state index contributed by atoms with van der Waals surface area (Å²) in [6.45, 7) is 2.03. The van der Waals surface area contributed by atoms with Crippen molar-refractivity contribution in [1.82, 2.24) is 14.9 Å². The normalized spacial score (nSPS) is 15.4. The average Bonchev–Trinajstić information content (AvgIpc) is 3.22. The first kappa shape index (κ1) is 16.8. The number of imidazole rings is 1. The first-order chi connectivity index (χ1) is 13.1. The van der Waals surface area contributed by atoms with E-state index < -0.39 is 6.10 Å². The van der Waals surface area contributed by atoms with E-state index in [0.717, 1.165) is 11.3 Å². The molecule has 0 saturated carbocycles. The maximum Gasteiger partial charge on any atom is 0.265 e. The van der Waals surface area contributed by atoms with Gasteiger partial charge in [0.1, 0.15) is 0 Å². The second-order valence-electron chi connectivity index (χ2n) is 6.25. The van der Waals surface area contributed by atoms with Crippen LogP contribution in [-0.4, -0.2) is 27.5 Å². The number of ether oxygens (including phenoxy) is 1. The standard InChI is InChI=1S/C20H18N4O3/c1-13-19(25)23-17-4-2-3-16(18(17)27-13)20(26)22-11-14-5-7-15(8-6-14)24-10-9-21-12-24/h2-10,12-13H,11H2,1H3,(H,22,26)(H,23,25). The third kappa shape index (κ3) is 3.39. The molecule has 0 saturated heterocycles. The molecule has 1 aromatic heterocycles. The van der Waals surface area contributed by atoms with E-state index in [-0.39, 0.29) is 11.8 Å². The highest BCUT2D eigenvalue weighted by molar-refractivity contribution is 6.03. The fourth-order valence-corrected chi connectivity index (χ4v) is 2.88. The van der Waals surface area contributed by atoms with Gasteiger partial charge in [-0.1, -0.05) is 18.2 Å². The van der Waals surface area contributed by atoms with Crippen LogP contribution >= 0.6 is 0 Å². The smallest absolute Gasteiger partial charge is 0.265 e. The molecule has 0 spiro atoms. The number of benzene rings is 2. The zero-order valence-corrected chi connectivity index (χ0v) is 14.7. The fraction of sp³-hybridized carbons (Fsp3) is 0.150. The van der Waals surface area contributed by atoms with Gasteiger partial charge in [-0.25, -0.2) is 4.98 Å². The molecule has 2 heterocycles. The number of amides is 2. The number of anilines is 1. The lowest BCUT2D eigenvalue weighted by Crippen LogP contribution is -2.35. The first-order valence-electron chi connectivity index (χ1n) is 8.58. The highest BCUT2D eigenvalue weighted by Crippen LogP contribution is 2.33. The van der Waals surface area contributed by atoms with Crippen LogP contribution in [0, 0.1) is 0 Å². The van der Waals surface area contributed by atoms with E-state index in [1.807, 2.05) is 35.0 Å². The molecule has 1 atom stereocenters. The van der Waals surface area contributed by atoms with E-state index in [2.05, 4.69) is 15.6 Å². The lowest BCUT2D eigenvalue weighted by Gasteiger charge is -2.25. The van der Waals surface area contributed by atoms with Crippen LogP contribution in [0.2, 0.25) is 0 Å². The lowest BCUT2D eigenvalue weighted by molar-refractivity contribution is -0.122. The van der Waals surface area contributed by atoms with E-state index in [1.165, 1.54) is 0 Å². The Kier molecular flexibility index (Phi) is 4.33. The van der Waals surface area contributed by atoms with Crippen molar-refractivity contribution in [1.29, 1.82) is 0 Å². The molecule has 1 aliphatic heterocycles. The molecule has 0 fully saturated rings. The van der Waals surface area contributed by atoms with Crippen LogP contribution in [0.5, 0.6) is 5.75 Å². The van der Waals surface area contributed by atoms with Gasteiger partial charge in [-0.05, 0) is 36.8 Å². The molecule has 27 heavy (non-hydrogen) atoms. The topological polar surface area (TPSA) is 85.2 Å². The van der Waals surface area contributed by atoms with Gasteiger partial charge in [0.15, 0.2) is 11.9 Å². The van der Waals surface area contributed by atoms with Gasteiger partial charge in [-0.15, -0.1) is 0 Å². The van der Waals surface area contributed by atoms with Crippen molar-refractivity contribution in [3.63, 3.8) is 0 Å². The summed E-state index contributed by atoms with van der Waals surface area (Å²) in [7, 11) is 0. The van der Waals surface area contributed by atoms with Gasteiger partial charge in [0.25, 0.3) is 11.8 Å². The third-order valence-electron chi connectivity index (χ3n) is 4.37. The van der Waals surface area contributed by atoms with Crippen molar-refractivity contribution >= 4 is 17.5 Å². The Balaban J connectivity index is 1.46. The molecule has 2 N–H and O–H groups in total. The predicted octanol–water partition coefficient (Wildman–Crippen LogP) is 2.52. The second-order valence-corrected chi connectivity index (χ2v) is 6.25. The zero-order chi connectivity index (χ0) is 18.8. The van der Waals surface area contributed by atoms with E-state index in [4.69, 9.17) is 4.74 Å². The van der Waals surface area contributed by atoms with Crippen molar-refractivity contribution in [2.75, 3.05) is 5.32 Å². The van der Waals surface area contributed by atoms with E-state index in [0.29, 0.717) is 23.5 Å². The molecule has 0 aliphatic carbocycles. The van der Waals surface area contributed by atoms with Crippen LogP contribution in [0.25, 0.3) is 5.69 Å². The summed E-state index contributed by atoms with van der Waals surface area (Å²) in [5.41, 5.74) is 2.88. The third-order valence-corrected chi connectivity index (χ3v) is 4.37. The molecule has 7 heteroatoms. The van der Waals surface area contributed by atoms with Crippen molar-refractivity contribution in [2.45, 2.75) is 19.6 Å². The molecule has 1 aliphatic rings. The van der Waals surface area contributed by atoms with Gasteiger partial charge in [0, 0.05) is 24.6 Å². The average molecular weight is 362 g/mol. The van der Waals surface area contributed by atoms with Crippen LogP contribution in [0.4, 0.5) is 5.69 Å². The molecule has 1 unspecified atom stereocenters. The minimum absolute atomic E-state index is 0.224. The van der Waals surface area contributed by atoms with Crippen LogP contribution in [0.1, 0.15) is 22.8 Å². The number of hydrogen-bond acceptors (Lipinski definition) is 4. The molecule has 4 rings (SSSR count). The number of nitrogens with one attached hydrogen (secondary N) is 2. The maximum atomic E-state index is 12.6. The highest BCUT2D eigenvalue weighted by Gasteiger charge is 2.27. The van der Waals surface area contributed by atoms with Gasteiger partial charge in [-0.3, -0.25) is 9.59 Å². The number of fused-ring (bicyclic) bond motifs is 1. The van der Waals surface area contributed by atoms with Crippen molar-refractivity contribution in [3.8, 4) is 11.4 Å². The summed E-state index contributed by atoms with van der Waals surface area (Å²) in [6.07, 6.45) is 4.69. The van der Waals surface area contributed by atoms with Crippen LogP contribution in [0.3, 0.4) is 0 Å². The van der Waals surface area contributed by atoms with Crippen molar-refractivity contribution < 1.29 is 14.3 Å². The Hall–Kier alpha value is -3.61. The number of hydrogen-bond donors (Lipinski definition) is 2. The molecular weight excluding hydrogens is 344 g/mol. The Labute approximate surface area is 156 Å². The zero-order valence-electron chi connectivity index (χ0n) is 14.7. The van der Waals surface area contributed by atoms with E-state index in [9.17, 15) is 9.59 Å². The maximum absolute atomic E-state index is 12.6. The summed E-state index contributed by atoms with van der Waals surface area (Å²) < 4.78 is 7.53. The van der Waals surface area contributed by atoms with Crippen LogP contribution in [-0.2, 0) is 11.3 Å². The summed E-state index contributed by atoms with van der Waals surface area (Å²) in [4.78, 5) is 28.4. The largest absolute Gasteiger partial charge is 0.478 e. The predicted molar refractivity (Wildman–Crippen MR) is 99.9 cm³/mol. The molecule has 3 aromatic rings. The number of para-hydroxylation sites is 1. The Morgan fingerprint density at radius 1 is 1.26 bits per heavy atom. The summed E-state index contributed by atoms with van der Waals surface area (Å²) in [5, 5.41) is 5.64. The van der Waals surface area contributed by atoms with Gasteiger partial charge in [0.05, 0.1) is 17.6 Å².